The SMILES string of the molecule is Clc1ccc2c(N3CCN4CCC[C@H]4C3)ncnc2c1. The molecule has 0 saturated carbocycles. The van der Waals surface area contributed by atoms with E-state index < -0.39 is 0 Å². The van der Waals surface area contributed by atoms with Crippen molar-refractivity contribution in [2.45, 2.75) is 18.9 Å². The quantitative estimate of drug-likeness (QED) is 0.807. The summed E-state index contributed by atoms with van der Waals surface area (Å²) in [6, 6.07) is 6.56. The molecule has 2 fully saturated rings. The maximum absolute atomic E-state index is 6.05. The third kappa shape index (κ3) is 2.03. The van der Waals surface area contributed by atoms with Crippen molar-refractivity contribution in [1.29, 1.82) is 0 Å². The lowest BCUT2D eigenvalue weighted by molar-refractivity contribution is 0.230. The summed E-state index contributed by atoms with van der Waals surface area (Å²) in [5.41, 5.74) is 0.927. The fourth-order valence-corrected chi connectivity index (χ4v) is 3.62. The lowest BCUT2D eigenvalue weighted by Crippen LogP contribution is -2.50. The van der Waals surface area contributed by atoms with Crippen molar-refractivity contribution in [3.8, 4) is 0 Å². The Labute approximate surface area is 123 Å². The number of halogens is 1. The predicted molar refractivity (Wildman–Crippen MR) is 81.4 cm³/mol. The van der Waals surface area contributed by atoms with Crippen molar-refractivity contribution in [3.05, 3.63) is 29.5 Å². The van der Waals surface area contributed by atoms with Crippen LogP contribution in [0.25, 0.3) is 10.9 Å². The number of hydrogen-bond donors (Lipinski definition) is 0. The maximum atomic E-state index is 6.05. The van der Waals surface area contributed by atoms with Gasteiger partial charge in [-0.05, 0) is 37.6 Å². The molecule has 0 unspecified atom stereocenters. The molecule has 3 heterocycles. The van der Waals surface area contributed by atoms with Gasteiger partial charge in [-0.3, -0.25) is 4.90 Å². The first-order valence-electron chi connectivity index (χ1n) is 7.20. The van der Waals surface area contributed by atoms with Crippen molar-refractivity contribution >= 4 is 28.3 Å². The molecule has 2 saturated heterocycles. The van der Waals surface area contributed by atoms with E-state index in [-0.39, 0.29) is 0 Å². The Bertz CT molecular complexity index is 645. The molecule has 4 rings (SSSR count). The number of hydrogen-bond acceptors (Lipinski definition) is 4. The average molecular weight is 289 g/mol. The van der Waals surface area contributed by atoms with E-state index in [0.29, 0.717) is 6.04 Å². The van der Waals surface area contributed by atoms with Gasteiger partial charge in [-0.25, -0.2) is 9.97 Å². The minimum Gasteiger partial charge on any atom is -0.353 e. The average Bonchev–Trinajstić information content (AvgIpc) is 2.93. The molecule has 20 heavy (non-hydrogen) atoms. The van der Waals surface area contributed by atoms with Crippen LogP contribution in [0.15, 0.2) is 24.5 Å². The van der Waals surface area contributed by atoms with Crippen molar-refractivity contribution in [2.24, 2.45) is 0 Å². The van der Waals surface area contributed by atoms with Gasteiger partial charge in [0, 0.05) is 36.1 Å². The highest BCUT2D eigenvalue weighted by molar-refractivity contribution is 6.31. The van der Waals surface area contributed by atoms with E-state index in [4.69, 9.17) is 11.6 Å². The van der Waals surface area contributed by atoms with Crippen LogP contribution in [0.2, 0.25) is 5.02 Å². The summed E-state index contributed by atoms with van der Waals surface area (Å²) in [6.45, 7) is 4.53. The summed E-state index contributed by atoms with van der Waals surface area (Å²) in [5.74, 6) is 1.05. The van der Waals surface area contributed by atoms with E-state index in [1.807, 2.05) is 18.2 Å². The molecule has 0 aliphatic carbocycles. The van der Waals surface area contributed by atoms with Crippen LogP contribution in [-0.4, -0.2) is 47.1 Å². The van der Waals surface area contributed by atoms with Gasteiger partial charge < -0.3 is 4.90 Å². The van der Waals surface area contributed by atoms with Crippen LogP contribution in [-0.2, 0) is 0 Å². The number of rotatable bonds is 1. The molecule has 1 aromatic heterocycles. The Balaban J connectivity index is 1.71. The fraction of sp³-hybridized carbons (Fsp3) is 0.467. The van der Waals surface area contributed by atoms with Crippen LogP contribution >= 0.6 is 11.6 Å². The van der Waals surface area contributed by atoms with Gasteiger partial charge in [0.1, 0.15) is 12.1 Å². The molecule has 0 N–H and O–H groups in total. The van der Waals surface area contributed by atoms with Gasteiger partial charge in [0.05, 0.1) is 5.52 Å². The van der Waals surface area contributed by atoms with E-state index >= 15 is 0 Å². The molecule has 1 atom stereocenters. The third-order valence-electron chi connectivity index (χ3n) is 4.46. The van der Waals surface area contributed by atoms with Crippen molar-refractivity contribution in [1.82, 2.24) is 14.9 Å². The summed E-state index contributed by atoms with van der Waals surface area (Å²) in [4.78, 5) is 13.9. The molecule has 2 aliphatic rings. The topological polar surface area (TPSA) is 32.3 Å². The molecule has 0 amide bonds. The minimum absolute atomic E-state index is 0.695. The van der Waals surface area contributed by atoms with Crippen LogP contribution in [0, 0.1) is 0 Å². The second-order valence-electron chi connectivity index (χ2n) is 5.64. The molecule has 5 heteroatoms. The summed E-state index contributed by atoms with van der Waals surface area (Å²) in [5, 5.41) is 1.83. The fourth-order valence-electron chi connectivity index (χ4n) is 3.45. The summed E-state index contributed by atoms with van der Waals surface area (Å²) in [6.07, 6.45) is 4.29. The van der Waals surface area contributed by atoms with E-state index in [0.717, 1.165) is 41.4 Å². The molecular formula is C15H17ClN4. The van der Waals surface area contributed by atoms with E-state index in [1.165, 1.54) is 19.4 Å². The van der Waals surface area contributed by atoms with Gasteiger partial charge in [0.2, 0.25) is 0 Å². The van der Waals surface area contributed by atoms with Gasteiger partial charge in [0.25, 0.3) is 0 Å². The van der Waals surface area contributed by atoms with Crippen molar-refractivity contribution in [3.63, 3.8) is 0 Å². The number of aromatic nitrogens is 2. The normalized spacial score (nSPS) is 23.2. The second-order valence-corrected chi connectivity index (χ2v) is 6.07. The Hall–Kier alpha value is -1.39. The van der Waals surface area contributed by atoms with Crippen LogP contribution in [0.5, 0.6) is 0 Å². The van der Waals surface area contributed by atoms with Crippen LogP contribution in [0.3, 0.4) is 0 Å². The van der Waals surface area contributed by atoms with Gasteiger partial charge in [-0.2, -0.15) is 0 Å². The van der Waals surface area contributed by atoms with Crippen LogP contribution < -0.4 is 4.90 Å². The zero-order chi connectivity index (χ0) is 13.5. The van der Waals surface area contributed by atoms with Gasteiger partial charge >= 0.3 is 0 Å². The molecule has 0 spiro atoms. The third-order valence-corrected chi connectivity index (χ3v) is 4.70. The van der Waals surface area contributed by atoms with Crippen molar-refractivity contribution in [2.75, 3.05) is 31.1 Å². The lowest BCUT2D eigenvalue weighted by Gasteiger charge is -2.38. The zero-order valence-electron chi connectivity index (χ0n) is 11.3. The molecule has 0 radical (unpaired) electrons. The lowest BCUT2D eigenvalue weighted by atomic mass is 10.1. The Morgan fingerprint density at radius 2 is 2.10 bits per heavy atom. The summed E-state index contributed by atoms with van der Waals surface area (Å²) < 4.78 is 0. The molecule has 1 aromatic carbocycles. The minimum atomic E-state index is 0.695. The van der Waals surface area contributed by atoms with Gasteiger partial charge in [-0.1, -0.05) is 11.6 Å². The Kier molecular flexibility index (Phi) is 3.00. The number of benzene rings is 1. The largest absolute Gasteiger partial charge is 0.353 e. The maximum Gasteiger partial charge on any atom is 0.139 e. The smallest absolute Gasteiger partial charge is 0.139 e. The van der Waals surface area contributed by atoms with Crippen LogP contribution in [0.4, 0.5) is 5.82 Å². The monoisotopic (exact) mass is 288 g/mol. The highest BCUT2D eigenvalue weighted by Crippen LogP contribution is 2.29. The second kappa shape index (κ2) is 4.86. The van der Waals surface area contributed by atoms with Crippen LogP contribution in [0.1, 0.15) is 12.8 Å². The standard InChI is InChI=1S/C15H17ClN4/c16-11-3-4-13-14(8-11)17-10-18-15(13)20-7-6-19-5-1-2-12(19)9-20/h3-4,8,10,12H,1-2,5-7,9H2/t12-/m0/s1. The molecule has 4 nitrogen and oxygen atoms in total. The van der Waals surface area contributed by atoms with E-state index in [2.05, 4.69) is 19.8 Å². The molecular weight excluding hydrogens is 272 g/mol. The predicted octanol–water partition coefficient (Wildman–Crippen LogP) is 2.57. The Morgan fingerprint density at radius 1 is 1.15 bits per heavy atom. The molecule has 2 aromatic rings. The first-order chi connectivity index (χ1) is 9.81. The first-order valence-corrected chi connectivity index (χ1v) is 7.58. The number of fused-ring (bicyclic) bond motifs is 2. The Morgan fingerprint density at radius 3 is 3.05 bits per heavy atom. The van der Waals surface area contributed by atoms with Gasteiger partial charge in [0.15, 0.2) is 0 Å². The number of nitrogens with zero attached hydrogens (tertiary/aromatic N) is 4. The summed E-state index contributed by atoms with van der Waals surface area (Å²) in [7, 11) is 0. The van der Waals surface area contributed by atoms with E-state index in [1.54, 1.807) is 6.33 Å². The molecule has 0 bridgehead atoms. The number of anilines is 1. The molecule has 2 aliphatic heterocycles. The van der Waals surface area contributed by atoms with Crippen molar-refractivity contribution < 1.29 is 0 Å². The van der Waals surface area contributed by atoms with Gasteiger partial charge in [-0.15, -0.1) is 0 Å². The highest BCUT2D eigenvalue weighted by Gasteiger charge is 2.31. The summed E-state index contributed by atoms with van der Waals surface area (Å²) >= 11 is 6.05. The zero-order valence-corrected chi connectivity index (χ0v) is 12.1. The number of piperazine rings is 1. The highest BCUT2D eigenvalue weighted by atomic mass is 35.5. The molecule has 104 valence electrons. The first kappa shape index (κ1) is 12.4. The van der Waals surface area contributed by atoms with E-state index in [9.17, 15) is 0 Å².